The number of nitrogens with zero attached hydrogens (tertiary/aromatic N) is 3. The van der Waals surface area contributed by atoms with Gasteiger partial charge in [0.1, 0.15) is 6.54 Å². The molecule has 0 unspecified atom stereocenters. The lowest BCUT2D eigenvalue weighted by molar-refractivity contribution is -0.137. The van der Waals surface area contributed by atoms with Gasteiger partial charge in [0.05, 0.1) is 11.9 Å². The highest BCUT2D eigenvalue weighted by atomic mass is 32.1. The van der Waals surface area contributed by atoms with Crippen molar-refractivity contribution in [1.29, 1.82) is 0 Å². The van der Waals surface area contributed by atoms with Crippen molar-refractivity contribution >= 4 is 34.2 Å². The van der Waals surface area contributed by atoms with E-state index in [-0.39, 0.29) is 6.54 Å². The average Bonchev–Trinajstić information content (AvgIpc) is 2.88. The Bertz CT molecular complexity index is 606. The number of rotatable bonds is 4. The van der Waals surface area contributed by atoms with Gasteiger partial charge in [-0.1, -0.05) is 0 Å². The van der Waals surface area contributed by atoms with Crippen molar-refractivity contribution < 1.29 is 14.7 Å². The highest BCUT2D eigenvalue weighted by molar-refractivity contribution is 7.15. The maximum absolute atomic E-state index is 11.6. The summed E-state index contributed by atoms with van der Waals surface area (Å²) in [7, 11) is 0. The van der Waals surface area contributed by atoms with Crippen molar-refractivity contribution in [2.45, 2.75) is 13.5 Å². The zero-order valence-corrected chi connectivity index (χ0v) is 10.8. The van der Waals surface area contributed by atoms with E-state index in [9.17, 15) is 9.59 Å². The Labute approximate surface area is 112 Å². The van der Waals surface area contributed by atoms with Gasteiger partial charge in [0, 0.05) is 17.3 Å². The Kier molecular flexibility index (Phi) is 3.76. The van der Waals surface area contributed by atoms with Crippen LogP contribution in [0.3, 0.4) is 0 Å². The third-order valence-electron chi connectivity index (χ3n) is 2.03. The Morgan fingerprint density at radius 2 is 2.21 bits per heavy atom. The van der Waals surface area contributed by atoms with Crippen LogP contribution in [0.25, 0.3) is 0 Å². The lowest BCUT2D eigenvalue weighted by Gasteiger charge is -2.01. The molecule has 2 rings (SSSR count). The van der Waals surface area contributed by atoms with E-state index in [1.807, 2.05) is 6.92 Å². The normalized spacial score (nSPS) is 10.2. The van der Waals surface area contributed by atoms with Crippen LogP contribution in [0.1, 0.15) is 4.88 Å². The second-order valence-corrected chi connectivity index (χ2v) is 4.91. The molecule has 0 aliphatic heterocycles. The second-order valence-electron chi connectivity index (χ2n) is 3.68. The number of carbonyl (C=O) groups excluding carboxylic acids is 1. The molecule has 9 heteroatoms. The molecule has 0 bridgehead atoms. The molecule has 8 nitrogen and oxygen atoms in total. The van der Waals surface area contributed by atoms with Gasteiger partial charge in [0.2, 0.25) is 0 Å². The molecule has 2 aromatic heterocycles. The van der Waals surface area contributed by atoms with E-state index in [0.717, 1.165) is 4.88 Å². The van der Waals surface area contributed by atoms with Crippen molar-refractivity contribution in [3.8, 4) is 0 Å². The van der Waals surface area contributed by atoms with Crippen molar-refractivity contribution in [3.63, 3.8) is 0 Å². The molecule has 0 saturated carbocycles. The Morgan fingerprint density at radius 3 is 2.84 bits per heavy atom. The molecule has 2 aromatic rings. The number of hydrogen-bond acceptors (Lipinski definition) is 5. The number of carboxylic acids is 1. The number of urea groups is 1. The number of aryl methyl sites for hydroxylation is 1. The van der Waals surface area contributed by atoms with E-state index in [4.69, 9.17) is 5.11 Å². The van der Waals surface area contributed by atoms with Gasteiger partial charge in [-0.25, -0.2) is 9.78 Å². The fourth-order valence-corrected chi connectivity index (χ4v) is 1.98. The van der Waals surface area contributed by atoms with Gasteiger partial charge in [-0.3, -0.25) is 14.8 Å². The molecule has 100 valence electrons. The monoisotopic (exact) mass is 281 g/mol. The minimum absolute atomic E-state index is 0.255. The number of aromatic nitrogens is 3. The molecule has 0 fully saturated rings. The number of nitrogens with one attached hydrogen (secondary N) is 2. The van der Waals surface area contributed by atoms with Crippen LogP contribution in [-0.2, 0) is 11.3 Å². The zero-order valence-electron chi connectivity index (χ0n) is 9.95. The summed E-state index contributed by atoms with van der Waals surface area (Å²) in [5.74, 6) is -1.00. The second kappa shape index (κ2) is 5.48. The van der Waals surface area contributed by atoms with Crippen LogP contribution in [0.2, 0.25) is 0 Å². The van der Waals surface area contributed by atoms with Crippen LogP contribution in [0.5, 0.6) is 0 Å². The number of anilines is 2. The summed E-state index contributed by atoms with van der Waals surface area (Å²) in [5, 5.41) is 18.0. The van der Waals surface area contributed by atoms with Crippen LogP contribution >= 0.6 is 11.3 Å². The summed E-state index contributed by atoms with van der Waals surface area (Å²) in [5.41, 5.74) is 0.409. The number of amides is 2. The highest BCUT2D eigenvalue weighted by Gasteiger charge is 2.08. The summed E-state index contributed by atoms with van der Waals surface area (Å²) in [6, 6.07) is -0.454. The van der Waals surface area contributed by atoms with E-state index in [1.54, 1.807) is 6.20 Å². The molecule has 2 amide bonds. The van der Waals surface area contributed by atoms with Crippen molar-refractivity contribution in [2.75, 3.05) is 10.6 Å². The minimum atomic E-state index is -1.00. The first-order valence-electron chi connectivity index (χ1n) is 5.27. The van der Waals surface area contributed by atoms with Gasteiger partial charge in [0.15, 0.2) is 5.13 Å². The maximum atomic E-state index is 11.6. The smallest absolute Gasteiger partial charge is 0.325 e. The minimum Gasteiger partial charge on any atom is -0.480 e. The molecule has 0 saturated heterocycles. The van der Waals surface area contributed by atoms with Crippen LogP contribution in [-0.4, -0.2) is 31.9 Å². The topological polar surface area (TPSA) is 109 Å². The molecule has 0 atom stereocenters. The summed E-state index contributed by atoms with van der Waals surface area (Å²) < 4.78 is 1.21. The SMILES string of the molecule is Cc1cnc(NC(=O)Nc2cnn(CC(=O)O)c2)s1. The fourth-order valence-electron chi connectivity index (χ4n) is 1.33. The van der Waals surface area contributed by atoms with Gasteiger partial charge in [0.25, 0.3) is 0 Å². The van der Waals surface area contributed by atoms with Gasteiger partial charge in [-0.2, -0.15) is 5.10 Å². The van der Waals surface area contributed by atoms with Crippen LogP contribution in [0.4, 0.5) is 15.6 Å². The number of hydrogen-bond donors (Lipinski definition) is 3. The molecule has 19 heavy (non-hydrogen) atoms. The summed E-state index contributed by atoms with van der Waals surface area (Å²) in [6.07, 6.45) is 4.46. The summed E-state index contributed by atoms with van der Waals surface area (Å²) in [6.45, 7) is 1.63. The number of carbonyl (C=O) groups is 2. The number of thiazole rings is 1. The number of aliphatic carboxylic acids is 1. The number of carboxylic acid groups (broad SMARTS) is 1. The standard InChI is InChI=1S/C10H11N5O3S/c1-6-2-11-10(19-6)14-9(18)13-7-3-12-15(4-7)5-8(16)17/h2-4H,5H2,1H3,(H,16,17)(H2,11,13,14,18). The molecule has 0 aromatic carbocycles. The van der Waals surface area contributed by atoms with E-state index in [2.05, 4.69) is 20.7 Å². The Morgan fingerprint density at radius 1 is 1.42 bits per heavy atom. The lowest BCUT2D eigenvalue weighted by Crippen LogP contribution is -2.19. The van der Waals surface area contributed by atoms with E-state index >= 15 is 0 Å². The first-order chi connectivity index (χ1) is 9.02. The van der Waals surface area contributed by atoms with Gasteiger partial charge < -0.3 is 10.4 Å². The van der Waals surface area contributed by atoms with Gasteiger partial charge in [-0.05, 0) is 6.92 Å². The maximum Gasteiger partial charge on any atom is 0.325 e. The Hall–Kier alpha value is -2.42. The molecule has 0 aliphatic rings. The molecule has 0 radical (unpaired) electrons. The lowest BCUT2D eigenvalue weighted by atomic mass is 10.5. The first-order valence-corrected chi connectivity index (χ1v) is 6.09. The quantitative estimate of drug-likeness (QED) is 0.784. The van der Waals surface area contributed by atoms with Crippen LogP contribution in [0.15, 0.2) is 18.6 Å². The zero-order chi connectivity index (χ0) is 13.8. The van der Waals surface area contributed by atoms with Crippen molar-refractivity contribution in [2.24, 2.45) is 0 Å². The summed E-state index contributed by atoms with van der Waals surface area (Å²) in [4.78, 5) is 27.1. The third-order valence-corrected chi connectivity index (χ3v) is 2.86. The molecular formula is C10H11N5O3S. The van der Waals surface area contributed by atoms with Gasteiger partial charge in [-0.15, -0.1) is 11.3 Å². The highest BCUT2D eigenvalue weighted by Crippen LogP contribution is 2.16. The molecular weight excluding hydrogens is 270 g/mol. The van der Waals surface area contributed by atoms with Crippen LogP contribution in [0, 0.1) is 6.92 Å². The van der Waals surface area contributed by atoms with Crippen molar-refractivity contribution in [1.82, 2.24) is 14.8 Å². The van der Waals surface area contributed by atoms with Gasteiger partial charge >= 0.3 is 12.0 Å². The van der Waals surface area contributed by atoms with E-state index in [1.165, 1.54) is 28.4 Å². The Balaban J connectivity index is 1.91. The molecule has 3 N–H and O–H groups in total. The van der Waals surface area contributed by atoms with Crippen LogP contribution < -0.4 is 10.6 Å². The molecule has 0 aliphatic carbocycles. The third kappa shape index (κ3) is 3.78. The molecule has 0 spiro atoms. The van der Waals surface area contributed by atoms with E-state index < -0.39 is 12.0 Å². The predicted octanol–water partition coefficient (Wildman–Crippen LogP) is 1.38. The average molecular weight is 281 g/mol. The predicted molar refractivity (Wildman–Crippen MR) is 69.4 cm³/mol. The van der Waals surface area contributed by atoms with Crippen molar-refractivity contribution in [3.05, 3.63) is 23.5 Å². The van der Waals surface area contributed by atoms with E-state index in [0.29, 0.717) is 10.8 Å². The largest absolute Gasteiger partial charge is 0.480 e. The fraction of sp³-hybridized carbons (Fsp3) is 0.200. The first kappa shape index (κ1) is 13.0. The molecule has 2 heterocycles. The summed E-state index contributed by atoms with van der Waals surface area (Å²) >= 11 is 1.36.